The number of hydrogen-bond acceptors (Lipinski definition) is 5. The number of thiocarbonyl (C=S) groups is 1. The third-order valence-corrected chi connectivity index (χ3v) is 4.81. The van der Waals surface area contributed by atoms with Crippen molar-refractivity contribution < 1.29 is 17.9 Å². The van der Waals surface area contributed by atoms with E-state index in [1.807, 2.05) is 32.0 Å². The van der Waals surface area contributed by atoms with Crippen LogP contribution < -0.4 is 20.7 Å². The number of guanidine groups is 1. The second-order valence-electron chi connectivity index (χ2n) is 7.36. The Morgan fingerprint density at radius 1 is 1.03 bits per heavy atom. The molecule has 7 nitrogen and oxygen atoms in total. The van der Waals surface area contributed by atoms with Crippen molar-refractivity contribution in [2.24, 2.45) is 4.99 Å². The number of nitrogens with zero attached hydrogens (tertiary/aromatic N) is 3. The van der Waals surface area contributed by atoms with E-state index in [2.05, 4.69) is 35.6 Å². The van der Waals surface area contributed by atoms with E-state index in [1.54, 1.807) is 18.2 Å². The molecule has 0 aliphatic carbocycles. The van der Waals surface area contributed by atoms with Gasteiger partial charge in [0, 0.05) is 34.7 Å². The van der Waals surface area contributed by atoms with Crippen LogP contribution in [-0.2, 0) is 6.42 Å². The van der Waals surface area contributed by atoms with Gasteiger partial charge in [-0.1, -0.05) is 29.8 Å². The maximum atomic E-state index is 12.5. The number of benzene rings is 2. The number of hydrogen-bond donors (Lipinski definition) is 3. The zero-order valence-electron chi connectivity index (χ0n) is 18.8. The number of halogens is 4. The summed E-state index contributed by atoms with van der Waals surface area (Å²) >= 11 is 11.3. The number of ether oxygens (including phenoxy) is 1. The molecule has 3 N–H and O–H groups in total. The van der Waals surface area contributed by atoms with Crippen molar-refractivity contribution in [2.75, 3.05) is 17.2 Å². The summed E-state index contributed by atoms with van der Waals surface area (Å²) in [5.74, 6) is 0.219. The Morgan fingerprint density at radius 2 is 1.71 bits per heavy atom. The van der Waals surface area contributed by atoms with Crippen LogP contribution in [0.25, 0.3) is 0 Å². The number of aliphatic imine (C=N–C) groups is 1. The molecule has 0 atom stereocenters. The normalized spacial score (nSPS) is 11.7. The summed E-state index contributed by atoms with van der Waals surface area (Å²) in [6, 6.07) is 14.6. The van der Waals surface area contributed by atoms with E-state index in [9.17, 15) is 13.2 Å². The van der Waals surface area contributed by atoms with Crippen LogP contribution in [0.4, 0.5) is 24.8 Å². The summed E-state index contributed by atoms with van der Waals surface area (Å²) in [5.41, 5.74) is 2.88. The molecule has 3 rings (SSSR count). The largest absolute Gasteiger partial charge is 0.573 e. The Hall–Kier alpha value is -3.44. The van der Waals surface area contributed by atoms with Crippen molar-refractivity contribution >= 4 is 46.5 Å². The fourth-order valence-corrected chi connectivity index (χ4v) is 3.33. The Bertz CT molecular complexity index is 1180. The summed E-state index contributed by atoms with van der Waals surface area (Å²) < 4.78 is 41.5. The molecule has 0 bridgehead atoms. The van der Waals surface area contributed by atoms with Gasteiger partial charge in [-0.3, -0.25) is 10.3 Å². The molecular formula is C23H22ClF3N6OS. The lowest BCUT2D eigenvalue weighted by Gasteiger charge is -2.15. The van der Waals surface area contributed by atoms with Gasteiger partial charge in [-0.2, -0.15) is 0 Å². The summed E-state index contributed by atoms with van der Waals surface area (Å²) in [4.78, 5) is 13.2. The molecule has 1 heterocycles. The van der Waals surface area contributed by atoms with Crippen molar-refractivity contribution in [3.05, 3.63) is 76.6 Å². The van der Waals surface area contributed by atoms with Crippen molar-refractivity contribution in [1.29, 1.82) is 0 Å². The maximum Gasteiger partial charge on any atom is 0.573 e. The predicted molar refractivity (Wildman–Crippen MR) is 135 cm³/mol. The highest BCUT2D eigenvalue weighted by Crippen LogP contribution is 2.25. The van der Waals surface area contributed by atoms with Crippen molar-refractivity contribution in [3.8, 4) is 5.75 Å². The average molecular weight is 523 g/mol. The topological polar surface area (TPSA) is 83.5 Å². The van der Waals surface area contributed by atoms with E-state index in [1.165, 1.54) is 18.2 Å². The van der Waals surface area contributed by atoms with Crippen LogP contribution in [-0.4, -0.2) is 33.9 Å². The Labute approximate surface area is 210 Å². The van der Waals surface area contributed by atoms with Crippen molar-refractivity contribution in [2.45, 2.75) is 26.6 Å². The molecule has 0 unspecified atom stereocenters. The van der Waals surface area contributed by atoms with Gasteiger partial charge in [0.25, 0.3) is 0 Å². The van der Waals surface area contributed by atoms with E-state index >= 15 is 0 Å². The first kappa shape index (κ1) is 26.2. The standard InChI is InChI=1S/C23H22ClF3N6OS/c1-14-12-15(2)30-21(29-14)32-20(28-11-10-16-6-8-17(24)9-7-16)33-22(35)31-18-4-3-5-19(13-18)34-23(25,26)27/h3-9,12-13H,10-11H2,1-2H3,(H3,28,29,30,31,32,33,35). The quantitative estimate of drug-likeness (QED) is 0.219. The number of rotatable bonds is 6. The van der Waals surface area contributed by atoms with Gasteiger partial charge >= 0.3 is 6.36 Å². The van der Waals surface area contributed by atoms with Crippen LogP contribution in [0.3, 0.4) is 0 Å². The zero-order valence-corrected chi connectivity index (χ0v) is 20.4. The first-order chi connectivity index (χ1) is 16.6. The van der Waals surface area contributed by atoms with Crippen molar-refractivity contribution in [1.82, 2.24) is 15.3 Å². The van der Waals surface area contributed by atoms with Gasteiger partial charge in [-0.05, 0) is 68.4 Å². The summed E-state index contributed by atoms with van der Waals surface area (Å²) in [7, 11) is 0. The first-order valence-electron chi connectivity index (χ1n) is 10.4. The lowest BCUT2D eigenvalue weighted by molar-refractivity contribution is -0.274. The monoisotopic (exact) mass is 522 g/mol. The smallest absolute Gasteiger partial charge is 0.406 e. The van der Waals surface area contributed by atoms with Gasteiger partial charge in [-0.25, -0.2) is 9.97 Å². The Kier molecular flexibility index (Phi) is 8.83. The van der Waals surface area contributed by atoms with Crippen LogP contribution in [0.2, 0.25) is 5.02 Å². The molecule has 2 aromatic carbocycles. The molecule has 0 saturated heterocycles. The molecule has 0 aliphatic rings. The molecule has 0 spiro atoms. The lowest BCUT2D eigenvalue weighted by atomic mass is 10.1. The minimum atomic E-state index is -4.79. The molecule has 1 aromatic heterocycles. The molecule has 0 saturated carbocycles. The van der Waals surface area contributed by atoms with E-state index in [0.717, 1.165) is 17.0 Å². The van der Waals surface area contributed by atoms with E-state index < -0.39 is 6.36 Å². The summed E-state index contributed by atoms with van der Waals surface area (Å²) in [5, 5.41) is 9.48. The van der Waals surface area contributed by atoms with Crippen molar-refractivity contribution in [3.63, 3.8) is 0 Å². The minimum Gasteiger partial charge on any atom is -0.406 e. The molecule has 3 aromatic rings. The molecule has 35 heavy (non-hydrogen) atoms. The van der Waals surface area contributed by atoms with Gasteiger partial charge in [0.15, 0.2) is 5.11 Å². The lowest BCUT2D eigenvalue weighted by Crippen LogP contribution is -2.39. The molecule has 184 valence electrons. The highest BCUT2D eigenvalue weighted by atomic mass is 35.5. The third kappa shape index (κ3) is 9.38. The number of aromatic nitrogens is 2. The van der Waals surface area contributed by atoms with E-state index in [4.69, 9.17) is 23.8 Å². The molecule has 0 amide bonds. The summed E-state index contributed by atoms with van der Waals surface area (Å²) in [6.07, 6.45) is -4.16. The molecule has 0 aliphatic heterocycles. The van der Waals surface area contributed by atoms with Crippen LogP contribution in [0, 0.1) is 13.8 Å². The first-order valence-corrected chi connectivity index (χ1v) is 11.2. The summed E-state index contributed by atoms with van der Waals surface area (Å²) in [6.45, 7) is 4.08. The second kappa shape index (κ2) is 11.8. The van der Waals surface area contributed by atoms with E-state index in [-0.39, 0.29) is 16.8 Å². The predicted octanol–water partition coefficient (Wildman–Crippen LogP) is 5.64. The number of alkyl halides is 3. The van der Waals surface area contributed by atoms with Gasteiger partial charge in [0.1, 0.15) is 5.75 Å². The fraction of sp³-hybridized carbons (Fsp3) is 0.217. The molecule has 0 radical (unpaired) electrons. The second-order valence-corrected chi connectivity index (χ2v) is 8.21. The number of aryl methyl sites for hydroxylation is 2. The highest BCUT2D eigenvalue weighted by Gasteiger charge is 2.31. The SMILES string of the molecule is Cc1cc(C)nc(NC(=NCCc2ccc(Cl)cc2)NC(=S)Nc2cccc(OC(F)(F)F)c2)n1. The molecule has 12 heteroatoms. The van der Waals surface area contributed by atoms with Gasteiger partial charge < -0.3 is 15.4 Å². The minimum absolute atomic E-state index is 0.0938. The fourth-order valence-electron chi connectivity index (χ4n) is 2.99. The van der Waals surface area contributed by atoms with E-state index in [0.29, 0.717) is 29.6 Å². The highest BCUT2D eigenvalue weighted by molar-refractivity contribution is 7.80. The Morgan fingerprint density at radius 3 is 2.37 bits per heavy atom. The molecular weight excluding hydrogens is 501 g/mol. The third-order valence-electron chi connectivity index (χ3n) is 4.35. The van der Waals surface area contributed by atoms with Crippen LogP contribution in [0.5, 0.6) is 5.75 Å². The van der Waals surface area contributed by atoms with Gasteiger partial charge in [0.2, 0.25) is 11.9 Å². The Balaban J connectivity index is 1.71. The van der Waals surface area contributed by atoms with Crippen LogP contribution in [0.1, 0.15) is 17.0 Å². The number of anilines is 2. The van der Waals surface area contributed by atoms with Crippen LogP contribution >= 0.6 is 23.8 Å². The van der Waals surface area contributed by atoms with Gasteiger partial charge in [0.05, 0.1) is 0 Å². The zero-order chi connectivity index (χ0) is 25.4. The molecule has 0 fully saturated rings. The van der Waals surface area contributed by atoms with Gasteiger partial charge in [-0.15, -0.1) is 13.2 Å². The van der Waals surface area contributed by atoms with Crippen LogP contribution in [0.15, 0.2) is 59.6 Å². The average Bonchev–Trinajstić information content (AvgIpc) is 2.73. The number of nitrogens with one attached hydrogen (secondary N) is 3. The maximum absolute atomic E-state index is 12.5.